The molecule has 0 spiro atoms. The third-order valence-corrected chi connectivity index (χ3v) is 6.29. The van der Waals surface area contributed by atoms with E-state index in [0.29, 0.717) is 18.8 Å². The summed E-state index contributed by atoms with van der Waals surface area (Å²) in [6.07, 6.45) is 4.49. The van der Waals surface area contributed by atoms with Crippen molar-refractivity contribution in [2.75, 3.05) is 25.0 Å². The van der Waals surface area contributed by atoms with Gasteiger partial charge in [0.2, 0.25) is 15.7 Å². The molecule has 1 aromatic carbocycles. The van der Waals surface area contributed by atoms with E-state index in [-0.39, 0.29) is 24.6 Å². The molecule has 1 saturated heterocycles. The van der Waals surface area contributed by atoms with E-state index < -0.39 is 20.5 Å². The standard InChI is InChI=1S/C17H22F2N2O4S/c18-17(19)26(23,24)13-7-5-12(6-8-13)20-16(22)11-21-9-10-25-15-4-2-1-3-14(15)21/h5-8,14-15,17H,1-4,9-11H2,(H,20,22). The number of nitrogens with one attached hydrogen (secondary N) is 1. The molecule has 0 bridgehead atoms. The number of benzene rings is 1. The first-order chi connectivity index (χ1) is 12.4. The summed E-state index contributed by atoms with van der Waals surface area (Å²) in [4.78, 5) is 14.0. The molecule has 1 amide bonds. The number of hydrogen-bond donors (Lipinski definition) is 1. The summed E-state index contributed by atoms with van der Waals surface area (Å²) in [7, 11) is -4.63. The van der Waals surface area contributed by atoms with E-state index in [0.717, 1.165) is 37.8 Å². The van der Waals surface area contributed by atoms with Crippen molar-refractivity contribution in [1.29, 1.82) is 0 Å². The number of fused-ring (bicyclic) bond motifs is 1. The molecular formula is C17H22F2N2O4S. The number of morpholine rings is 1. The Balaban J connectivity index is 1.59. The van der Waals surface area contributed by atoms with E-state index >= 15 is 0 Å². The number of rotatable bonds is 5. The van der Waals surface area contributed by atoms with Crippen LogP contribution in [-0.4, -0.2) is 56.8 Å². The van der Waals surface area contributed by atoms with Crippen molar-refractivity contribution in [3.8, 4) is 0 Å². The Labute approximate surface area is 151 Å². The quantitative estimate of drug-likeness (QED) is 0.838. The normalized spacial score (nSPS) is 24.3. The van der Waals surface area contributed by atoms with Crippen molar-refractivity contribution in [1.82, 2.24) is 4.90 Å². The molecule has 2 fully saturated rings. The molecule has 1 aromatic rings. The maximum atomic E-state index is 12.5. The largest absolute Gasteiger partial charge is 0.375 e. The number of anilines is 1. The second-order valence-corrected chi connectivity index (χ2v) is 8.53. The Morgan fingerprint density at radius 3 is 2.62 bits per heavy atom. The predicted octanol–water partition coefficient (Wildman–Crippen LogP) is 2.26. The average Bonchev–Trinajstić information content (AvgIpc) is 2.62. The second kappa shape index (κ2) is 7.98. The molecule has 0 aromatic heterocycles. The van der Waals surface area contributed by atoms with Gasteiger partial charge in [-0.25, -0.2) is 8.42 Å². The number of carbonyl (C=O) groups excluding carboxylic acids is 1. The fourth-order valence-electron chi connectivity index (χ4n) is 3.59. The zero-order valence-corrected chi connectivity index (χ0v) is 15.1. The molecule has 2 aliphatic rings. The van der Waals surface area contributed by atoms with Crippen molar-refractivity contribution >= 4 is 21.4 Å². The van der Waals surface area contributed by atoms with Gasteiger partial charge in [-0.05, 0) is 37.1 Å². The number of carbonyl (C=O) groups is 1. The number of ether oxygens (including phenoxy) is 1. The molecule has 1 N–H and O–H groups in total. The molecule has 9 heteroatoms. The van der Waals surface area contributed by atoms with E-state index in [1.165, 1.54) is 12.1 Å². The Hall–Kier alpha value is -1.58. The first-order valence-corrected chi connectivity index (χ1v) is 10.2. The van der Waals surface area contributed by atoms with Crippen LogP contribution in [-0.2, 0) is 19.4 Å². The molecule has 26 heavy (non-hydrogen) atoms. The van der Waals surface area contributed by atoms with Crippen LogP contribution in [0.2, 0.25) is 0 Å². The first-order valence-electron chi connectivity index (χ1n) is 8.65. The molecule has 2 atom stereocenters. The third kappa shape index (κ3) is 4.21. The minimum Gasteiger partial charge on any atom is -0.375 e. The van der Waals surface area contributed by atoms with Crippen LogP contribution in [0.1, 0.15) is 25.7 Å². The zero-order chi connectivity index (χ0) is 18.7. The van der Waals surface area contributed by atoms with Crippen molar-refractivity contribution < 1.29 is 26.7 Å². The molecule has 2 unspecified atom stereocenters. The summed E-state index contributed by atoms with van der Waals surface area (Å²) in [5.41, 5.74) is 0.372. The SMILES string of the molecule is O=C(CN1CCOC2CCCCC21)Nc1ccc(S(=O)(=O)C(F)F)cc1. The molecule has 1 heterocycles. The van der Waals surface area contributed by atoms with E-state index in [1.807, 2.05) is 0 Å². The molecule has 144 valence electrons. The smallest absolute Gasteiger partial charge is 0.341 e. The number of sulfone groups is 1. The van der Waals surface area contributed by atoms with Crippen LogP contribution in [0.4, 0.5) is 14.5 Å². The van der Waals surface area contributed by atoms with Gasteiger partial charge in [-0.15, -0.1) is 0 Å². The maximum Gasteiger partial charge on any atom is 0.341 e. The Bertz CT molecular complexity index is 738. The van der Waals surface area contributed by atoms with Crippen molar-refractivity contribution in [3.63, 3.8) is 0 Å². The Kier molecular flexibility index (Phi) is 5.89. The van der Waals surface area contributed by atoms with E-state index in [1.54, 1.807) is 0 Å². The number of nitrogens with zero attached hydrogens (tertiary/aromatic N) is 1. The fraction of sp³-hybridized carbons (Fsp3) is 0.588. The average molecular weight is 388 g/mol. The zero-order valence-electron chi connectivity index (χ0n) is 14.2. The van der Waals surface area contributed by atoms with Crippen molar-refractivity contribution in [2.24, 2.45) is 0 Å². The monoisotopic (exact) mass is 388 g/mol. The highest BCUT2D eigenvalue weighted by atomic mass is 32.2. The summed E-state index contributed by atoms with van der Waals surface area (Å²) >= 11 is 0. The van der Waals surface area contributed by atoms with Crippen LogP contribution >= 0.6 is 0 Å². The van der Waals surface area contributed by atoms with Gasteiger partial charge in [0.1, 0.15) is 0 Å². The number of alkyl halides is 2. The Morgan fingerprint density at radius 2 is 1.92 bits per heavy atom. The Morgan fingerprint density at radius 1 is 1.23 bits per heavy atom. The van der Waals surface area contributed by atoms with Gasteiger partial charge < -0.3 is 10.1 Å². The lowest BCUT2D eigenvalue weighted by atomic mass is 9.90. The lowest BCUT2D eigenvalue weighted by molar-refractivity contribution is -0.124. The molecule has 1 aliphatic heterocycles. The maximum absolute atomic E-state index is 12.5. The summed E-state index contributed by atoms with van der Waals surface area (Å²) in [5, 5.41) is 2.69. The minimum atomic E-state index is -4.63. The van der Waals surface area contributed by atoms with Gasteiger partial charge in [-0.1, -0.05) is 12.8 Å². The van der Waals surface area contributed by atoms with Crippen LogP contribution in [0.25, 0.3) is 0 Å². The van der Waals surface area contributed by atoms with Gasteiger partial charge in [-0.2, -0.15) is 8.78 Å². The van der Waals surface area contributed by atoms with Gasteiger partial charge >= 0.3 is 5.76 Å². The van der Waals surface area contributed by atoms with Crippen molar-refractivity contribution in [2.45, 2.75) is 48.5 Å². The van der Waals surface area contributed by atoms with Gasteiger partial charge in [0.15, 0.2) is 0 Å². The van der Waals surface area contributed by atoms with Crippen LogP contribution < -0.4 is 5.32 Å². The highest BCUT2D eigenvalue weighted by Gasteiger charge is 2.34. The van der Waals surface area contributed by atoms with Crippen LogP contribution in [0.15, 0.2) is 29.2 Å². The minimum absolute atomic E-state index is 0.184. The predicted molar refractivity (Wildman–Crippen MR) is 91.8 cm³/mol. The van der Waals surface area contributed by atoms with E-state index in [4.69, 9.17) is 4.74 Å². The van der Waals surface area contributed by atoms with Gasteiger partial charge in [0.05, 0.1) is 24.2 Å². The summed E-state index contributed by atoms with van der Waals surface area (Å²) < 4.78 is 53.7. The fourth-order valence-corrected chi connectivity index (χ4v) is 4.31. The highest BCUT2D eigenvalue weighted by molar-refractivity contribution is 7.91. The van der Waals surface area contributed by atoms with E-state index in [9.17, 15) is 22.0 Å². The lowest BCUT2D eigenvalue weighted by Crippen LogP contribution is -2.54. The molecule has 6 nitrogen and oxygen atoms in total. The number of hydrogen-bond acceptors (Lipinski definition) is 5. The molecular weight excluding hydrogens is 366 g/mol. The molecule has 1 saturated carbocycles. The summed E-state index contributed by atoms with van der Waals surface area (Å²) in [6.45, 7) is 1.52. The molecule has 3 rings (SSSR count). The van der Waals surface area contributed by atoms with E-state index in [2.05, 4.69) is 10.2 Å². The van der Waals surface area contributed by atoms with Crippen LogP contribution in [0.3, 0.4) is 0 Å². The highest BCUT2D eigenvalue weighted by Crippen LogP contribution is 2.28. The lowest BCUT2D eigenvalue weighted by Gasteiger charge is -2.43. The van der Waals surface area contributed by atoms with Crippen LogP contribution in [0.5, 0.6) is 0 Å². The molecule has 1 aliphatic carbocycles. The number of halogens is 2. The summed E-state index contributed by atoms with van der Waals surface area (Å²) in [6, 6.07) is 5.03. The second-order valence-electron chi connectivity index (χ2n) is 6.61. The molecule has 0 radical (unpaired) electrons. The van der Waals surface area contributed by atoms with Gasteiger partial charge in [0.25, 0.3) is 0 Å². The first kappa shape index (κ1) is 19.2. The van der Waals surface area contributed by atoms with Gasteiger partial charge in [-0.3, -0.25) is 9.69 Å². The van der Waals surface area contributed by atoms with Crippen molar-refractivity contribution in [3.05, 3.63) is 24.3 Å². The topological polar surface area (TPSA) is 75.7 Å². The number of amides is 1. The third-order valence-electron chi connectivity index (χ3n) is 4.90. The van der Waals surface area contributed by atoms with Gasteiger partial charge in [0, 0.05) is 18.3 Å². The van der Waals surface area contributed by atoms with Crippen LogP contribution in [0, 0.1) is 0 Å². The summed E-state index contributed by atoms with van der Waals surface area (Å²) in [5.74, 6) is -3.69.